The van der Waals surface area contributed by atoms with Crippen LogP contribution in [0.2, 0.25) is 0 Å². The zero-order valence-corrected chi connectivity index (χ0v) is 14.3. The van der Waals surface area contributed by atoms with Gasteiger partial charge in [0.25, 0.3) is 0 Å². The molecule has 1 aromatic carbocycles. The quantitative estimate of drug-likeness (QED) is 0.633. The summed E-state index contributed by atoms with van der Waals surface area (Å²) in [7, 11) is -0.368. The van der Waals surface area contributed by atoms with Crippen LogP contribution in [-0.2, 0) is 18.8 Å². The van der Waals surface area contributed by atoms with Crippen molar-refractivity contribution in [3.8, 4) is 0 Å². The van der Waals surface area contributed by atoms with E-state index in [4.69, 9.17) is 14.0 Å². The number of hydrogen-bond acceptors (Lipinski definition) is 4. The second-order valence-corrected chi connectivity index (χ2v) is 6.76. The highest BCUT2D eigenvalue weighted by molar-refractivity contribution is 6.62. The molecule has 0 saturated carbocycles. The Balaban J connectivity index is 2.15. The van der Waals surface area contributed by atoms with Gasteiger partial charge in [-0.3, -0.25) is 4.79 Å². The van der Waals surface area contributed by atoms with Crippen molar-refractivity contribution >= 4 is 18.6 Å². The number of esters is 1. The van der Waals surface area contributed by atoms with Crippen molar-refractivity contribution in [1.82, 2.24) is 0 Å². The predicted molar refractivity (Wildman–Crippen MR) is 87.0 cm³/mol. The van der Waals surface area contributed by atoms with E-state index < -0.39 is 0 Å². The van der Waals surface area contributed by atoms with Crippen LogP contribution in [0.25, 0.3) is 0 Å². The average molecular weight is 304 g/mol. The van der Waals surface area contributed by atoms with Gasteiger partial charge in [0.15, 0.2) is 0 Å². The molecule has 1 heterocycles. The summed E-state index contributed by atoms with van der Waals surface area (Å²) in [5, 5.41) is 0. The normalized spacial score (nSPS) is 20.7. The van der Waals surface area contributed by atoms with Crippen molar-refractivity contribution in [3.63, 3.8) is 0 Å². The molecular weight excluding hydrogens is 279 g/mol. The zero-order chi connectivity index (χ0) is 16.5. The smallest absolute Gasteiger partial charge is 0.458 e. The van der Waals surface area contributed by atoms with E-state index in [1.54, 1.807) is 0 Å². The largest absolute Gasteiger partial charge is 0.494 e. The first-order valence-electron chi connectivity index (χ1n) is 7.79. The summed E-state index contributed by atoms with van der Waals surface area (Å²) in [5.74, 6) is -0.262. The molecule has 0 spiro atoms. The maximum atomic E-state index is 11.1. The Bertz CT molecular complexity index is 520. The Labute approximate surface area is 133 Å². The molecular formula is C17H25BO4. The number of carbonyl (C=O) groups is 1. The zero-order valence-electron chi connectivity index (χ0n) is 14.3. The number of hydrogen-bond donors (Lipinski definition) is 0. The molecule has 0 N–H and O–H groups in total. The maximum Gasteiger partial charge on any atom is 0.494 e. The van der Waals surface area contributed by atoms with Gasteiger partial charge in [-0.25, -0.2) is 0 Å². The molecule has 1 fully saturated rings. The Hall–Kier alpha value is -1.33. The standard InChI is InChI=1S/C17H25BO4/c1-7-15(20-12(2)19)13-8-10-14(11-9-13)18-21-16(3,4)17(5,6)22-18/h8-11,15H,7H2,1-6H3/t15-/m1/s1. The molecule has 1 atom stereocenters. The van der Waals surface area contributed by atoms with E-state index in [2.05, 4.69) is 0 Å². The van der Waals surface area contributed by atoms with Gasteiger partial charge >= 0.3 is 13.1 Å². The highest BCUT2D eigenvalue weighted by Gasteiger charge is 2.51. The van der Waals surface area contributed by atoms with Crippen LogP contribution >= 0.6 is 0 Å². The van der Waals surface area contributed by atoms with Crippen molar-refractivity contribution in [2.75, 3.05) is 0 Å². The number of benzene rings is 1. The van der Waals surface area contributed by atoms with Gasteiger partial charge in [-0.05, 0) is 45.1 Å². The lowest BCUT2D eigenvalue weighted by Crippen LogP contribution is -2.41. The van der Waals surface area contributed by atoms with Crippen molar-refractivity contribution in [2.45, 2.75) is 65.3 Å². The van der Waals surface area contributed by atoms with Gasteiger partial charge in [0.05, 0.1) is 11.2 Å². The summed E-state index contributed by atoms with van der Waals surface area (Å²) in [6.45, 7) is 11.6. The van der Waals surface area contributed by atoms with Crippen molar-refractivity contribution in [3.05, 3.63) is 29.8 Å². The van der Waals surface area contributed by atoms with E-state index in [1.807, 2.05) is 58.9 Å². The van der Waals surface area contributed by atoms with Crippen molar-refractivity contribution < 1.29 is 18.8 Å². The third kappa shape index (κ3) is 3.36. The van der Waals surface area contributed by atoms with Gasteiger partial charge in [-0.15, -0.1) is 0 Å². The number of carbonyl (C=O) groups excluding carboxylic acids is 1. The van der Waals surface area contributed by atoms with Crippen molar-refractivity contribution in [1.29, 1.82) is 0 Å². The highest BCUT2D eigenvalue weighted by Crippen LogP contribution is 2.36. The average Bonchev–Trinajstić information content (AvgIpc) is 2.65. The molecule has 0 aromatic heterocycles. The van der Waals surface area contributed by atoms with Crippen LogP contribution in [0.4, 0.5) is 0 Å². The van der Waals surface area contributed by atoms with Crippen LogP contribution in [0, 0.1) is 0 Å². The summed E-state index contributed by atoms with van der Waals surface area (Å²) in [4.78, 5) is 11.1. The third-order valence-electron chi connectivity index (χ3n) is 4.51. The molecule has 5 heteroatoms. The molecule has 1 aromatic rings. The van der Waals surface area contributed by atoms with E-state index in [-0.39, 0.29) is 30.4 Å². The van der Waals surface area contributed by atoms with Gasteiger partial charge in [-0.1, -0.05) is 31.2 Å². The van der Waals surface area contributed by atoms with Gasteiger partial charge in [0.1, 0.15) is 6.10 Å². The van der Waals surface area contributed by atoms with Gasteiger partial charge in [0, 0.05) is 6.92 Å². The molecule has 0 amide bonds. The lowest BCUT2D eigenvalue weighted by atomic mass is 9.78. The summed E-state index contributed by atoms with van der Waals surface area (Å²) >= 11 is 0. The fourth-order valence-electron chi connectivity index (χ4n) is 2.43. The van der Waals surface area contributed by atoms with Crippen molar-refractivity contribution in [2.24, 2.45) is 0 Å². The fourth-order valence-corrected chi connectivity index (χ4v) is 2.43. The summed E-state index contributed by atoms with van der Waals surface area (Å²) in [6, 6.07) is 7.89. The summed E-state index contributed by atoms with van der Waals surface area (Å²) in [6.07, 6.45) is 0.542. The molecule has 0 aliphatic carbocycles. The Kier molecular flexibility index (Phi) is 4.69. The Morgan fingerprint density at radius 1 is 1.14 bits per heavy atom. The second-order valence-electron chi connectivity index (χ2n) is 6.76. The summed E-state index contributed by atoms with van der Waals surface area (Å²) < 4.78 is 17.4. The van der Waals surface area contributed by atoms with Crippen LogP contribution in [-0.4, -0.2) is 24.3 Å². The number of ether oxygens (including phenoxy) is 1. The topological polar surface area (TPSA) is 44.8 Å². The minimum Gasteiger partial charge on any atom is -0.458 e. The maximum absolute atomic E-state index is 11.1. The Morgan fingerprint density at radius 2 is 1.64 bits per heavy atom. The minimum absolute atomic E-state index is 0.204. The first kappa shape index (κ1) is 17.0. The molecule has 2 rings (SSSR count). The molecule has 0 unspecified atom stereocenters. The molecule has 0 bridgehead atoms. The van der Waals surface area contributed by atoms with Crippen LogP contribution < -0.4 is 5.46 Å². The molecule has 1 aliphatic heterocycles. The third-order valence-corrected chi connectivity index (χ3v) is 4.51. The number of rotatable bonds is 4. The monoisotopic (exact) mass is 304 g/mol. The fraction of sp³-hybridized carbons (Fsp3) is 0.588. The van der Waals surface area contributed by atoms with Gasteiger partial charge < -0.3 is 14.0 Å². The molecule has 4 nitrogen and oxygen atoms in total. The van der Waals surface area contributed by atoms with E-state index in [0.717, 1.165) is 17.4 Å². The highest BCUT2D eigenvalue weighted by atomic mass is 16.7. The van der Waals surface area contributed by atoms with Crippen LogP contribution in [0.5, 0.6) is 0 Å². The molecule has 120 valence electrons. The SMILES string of the molecule is CC[C@@H](OC(C)=O)c1ccc(B2OC(C)(C)C(C)(C)O2)cc1. The van der Waals surface area contributed by atoms with Gasteiger partial charge in [-0.2, -0.15) is 0 Å². The van der Waals surface area contributed by atoms with Crippen LogP contribution in [0.15, 0.2) is 24.3 Å². The van der Waals surface area contributed by atoms with E-state index in [9.17, 15) is 4.79 Å². The summed E-state index contributed by atoms with van der Waals surface area (Å²) in [5.41, 5.74) is 1.26. The van der Waals surface area contributed by atoms with Crippen LogP contribution in [0.3, 0.4) is 0 Å². The first-order chi connectivity index (χ1) is 10.2. The molecule has 0 radical (unpaired) electrons. The van der Waals surface area contributed by atoms with Crippen LogP contribution in [0.1, 0.15) is 59.6 Å². The molecule has 22 heavy (non-hydrogen) atoms. The molecule has 1 aliphatic rings. The van der Waals surface area contributed by atoms with E-state index in [0.29, 0.717) is 0 Å². The lowest BCUT2D eigenvalue weighted by molar-refractivity contribution is -0.146. The minimum atomic E-state index is -0.368. The van der Waals surface area contributed by atoms with E-state index in [1.165, 1.54) is 6.92 Å². The second kappa shape index (κ2) is 6.05. The molecule has 1 saturated heterocycles. The van der Waals surface area contributed by atoms with Gasteiger partial charge in [0.2, 0.25) is 0 Å². The Morgan fingerprint density at radius 3 is 2.05 bits per heavy atom. The lowest BCUT2D eigenvalue weighted by Gasteiger charge is -2.32. The van der Waals surface area contributed by atoms with E-state index >= 15 is 0 Å². The first-order valence-corrected chi connectivity index (χ1v) is 7.79. The predicted octanol–water partition coefficient (Wildman–Crippen LogP) is 3.00.